The molecule has 1 saturated carbocycles. The highest BCUT2D eigenvalue weighted by Gasteiger charge is 2.36. The van der Waals surface area contributed by atoms with Gasteiger partial charge in [-0.1, -0.05) is 31.2 Å². The summed E-state index contributed by atoms with van der Waals surface area (Å²) in [6.07, 6.45) is -5.67. The van der Waals surface area contributed by atoms with Crippen molar-refractivity contribution < 1.29 is 34.8 Å². The van der Waals surface area contributed by atoms with Crippen LogP contribution in [-0.4, -0.2) is 34.9 Å². The number of halogens is 6. The molecular weight excluding hydrogens is 532 g/mol. The summed E-state index contributed by atoms with van der Waals surface area (Å²) in [5.74, 6) is 0.245. The lowest BCUT2D eigenvalue weighted by atomic mass is 10.0. The summed E-state index contributed by atoms with van der Waals surface area (Å²) < 4.78 is 106. The number of hydrogen-bond donors (Lipinski definition) is 0. The Morgan fingerprint density at radius 3 is 2.21 bits per heavy atom. The summed E-state index contributed by atoms with van der Waals surface area (Å²) >= 11 is 0. The van der Waals surface area contributed by atoms with Crippen molar-refractivity contribution in [1.29, 1.82) is 0 Å². The van der Waals surface area contributed by atoms with E-state index in [4.69, 9.17) is 0 Å². The van der Waals surface area contributed by atoms with Crippen LogP contribution in [0.5, 0.6) is 0 Å². The average molecular weight is 554 g/mol. The minimum atomic E-state index is -4.91. The Hall–Kier alpha value is -3.41. The van der Waals surface area contributed by atoms with Gasteiger partial charge >= 0.3 is 12.4 Å². The first-order valence-electron chi connectivity index (χ1n) is 11.7. The molecule has 1 aromatic carbocycles. The Balaban J connectivity index is 1.65. The quantitative estimate of drug-likeness (QED) is 0.242. The van der Waals surface area contributed by atoms with Crippen LogP contribution < -0.4 is 0 Å². The molecule has 1 fully saturated rings. The van der Waals surface area contributed by atoms with Gasteiger partial charge in [0.05, 0.1) is 33.3 Å². The number of aromatic nitrogens is 3. The molecule has 2 aliphatic heterocycles. The minimum Gasteiger partial charge on any atom is -0.336 e. The molecule has 200 valence electrons. The van der Waals surface area contributed by atoms with Crippen LogP contribution in [0.25, 0.3) is 33.9 Å². The molecule has 3 heterocycles. The van der Waals surface area contributed by atoms with E-state index in [1.165, 1.54) is 24.8 Å². The van der Waals surface area contributed by atoms with Crippen LogP contribution in [-0.2, 0) is 22.6 Å². The lowest BCUT2D eigenvalue weighted by Crippen LogP contribution is -2.20. The number of nitrogens with zero attached hydrogens (tertiary/aromatic N) is 3. The number of benzene rings is 1. The summed E-state index contributed by atoms with van der Waals surface area (Å²) in [6.45, 7) is -0.250. The Morgan fingerprint density at radius 2 is 1.63 bits per heavy atom. The molecule has 0 atom stereocenters. The van der Waals surface area contributed by atoms with Gasteiger partial charge in [-0.15, -0.1) is 0 Å². The SMILES string of the molecule is CCS(=O)(=O)c1cc(-c2ccc(C3CC3)cc2)cnc1-c1cc2n(CC(F)(F)F)cc(C(F)(F)F)cc-2n1. The Kier molecular flexibility index (Phi) is 6.28. The zero-order valence-corrected chi connectivity index (χ0v) is 20.8. The molecule has 0 saturated heterocycles. The van der Waals surface area contributed by atoms with Gasteiger partial charge in [0.15, 0.2) is 9.84 Å². The molecule has 0 N–H and O–H groups in total. The summed E-state index contributed by atoms with van der Waals surface area (Å²) in [4.78, 5) is 8.16. The average Bonchev–Trinajstić information content (AvgIpc) is 3.60. The zero-order chi connectivity index (χ0) is 27.5. The predicted molar refractivity (Wildman–Crippen MR) is 128 cm³/mol. The first-order chi connectivity index (χ1) is 17.7. The highest BCUT2D eigenvalue weighted by molar-refractivity contribution is 7.91. The van der Waals surface area contributed by atoms with Crippen LogP contribution in [0.3, 0.4) is 0 Å². The molecule has 5 nitrogen and oxygen atoms in total. The van der Waals surface area contributed by atoms with Gasteiger partial charge < -0.3 is 4.57 Å². The van der Waals surface area contributed by atoms with Crippen molar-refractivity contribution >= 4 is 9.84 Å². The van der Waals surface area contributed by atoms with E-state index in [9.17, 15) is 34.8 Å². The van der Waals surface area contributed by atoms with E-state index in [0.717, 1.165) is 24.5 Å². The van der Waals surface area contributed by atoms with Gasteiger partial charge in [0.25, 0.3) is 0 Å². The van der Waals surface area contributed by atoms with Crippen LogP contribution in [0.15, 0.2) is 59.8 Å². The molecule has 0 bridgehead atoms. The third kappa shape index (κ3) is 5.27. The van der Waals surface area contributed by atoms with Crippen LogP contribution in [0.1, 0.15) is 36.8 Å². The maximum absolute atomic E-state index is 13.4. The molecule has 0 radical (unpaired) electrons. The third-order valence-corrected chi connectivity index (χ3v) is 8.19. The standard InChI is InChI=1S/C26H21F6N3O2S/c1-2-38(36,37)23-9-18(17-7-5-16(6-8-17)15-3-4-15)12-33-24(23)21-11-22-20(34-21)10-19(26(30,31)32)13-35(22)14-25(27,28)29/h5-13,15H,2-4,14H2,1H3. The molecule has 0 spiro atoms. The lowest BCUT2D eigenvalue weighted by Gasteiger charge is -2.17. The highest BCUT2D eigenvalue weighted by Crippen LogP contribution is 2.41. The molecule has 3 aliphatic rings. The van der Waals surface area contributed by atoms with Gasteiger partial charge in [0, 0.05) is 18.0 Å². The summed E-state index contributed by atoms with van der Waals surface area (Å²) in [6, 6.07) is 10.8. The predicted octanol–water partition coefficient (Wildman–Crippen LogP) is 6.97. The molecule has 0 amide bonds. The van der Waals surface area contributed by atoms with E-state index in [-0.39, 0.29) is 33.4 Å². The molecule has 1 aliphatic carbocycles. The minimum absolute atomic E-state index is 0.141. The second kappa shape index (κ2) is 9.11. The number of rotatable bonds is 6. The van der Waals surface area contributed by atoms with Crippen molar-refractivity contribution in [1.82, 2.24) is 14.5 Å². The smallest absolute Gasteiger partial charge is 0.336 e. The highest BCUT2D eigenvalue weighted by atomic mass is 32.2. The van der Waals surface area contributed by atoms with Crippen LogP contribution in [0.2, 0.25) is 0 Å². The van der Waals surface area contributed by atoms with Crippen LogP contribution >= 0.6 is 0 Å². The second-order valence-electron chi connectivity index (χ2n) is 9.25. The van der Waals surface area contributed by atoms with E-state index >= 15 is 0 Å². The summed E-state index contributed by atoms with van der Waals surface area (Å²) in [7, 11) is -3.90. The van der Waals surface area contributed by atoms with Crippen molar-refractivity contribution in [2.24, 2.45) is 0 Å². The molecule has 38 heavy (non-hydrogen) atoms. The molecule has 0 unspecified atom stereocenters. The molecule has 12 heteroatoms. The number of fused-ring (bicyclic) bond motifs is 1. The topological polar surface area (TPSA) is 64.8 Å². The van der Waals surface area contributed by atoms with Crippen molar-refractivity contribution in [3.8, 4) is 33.9 Å². The Labute approximate surface area is 214 Å². The fourth-order valence-corrected chi connectivity index (χ4v) is 5.40. The lowest BCUT2D eigenvalue weighted by molar-refractivity contribution is -0.145. The number of hydrogen-bond acceptors (Lipinski definition) is 4. The maximum Gasteiger partial charge on any atom is 0.417 e. The third-order valence-electron chi connectivity index (χ3n) is 6.45. The number of alkyl halides is 6. The summed E-state index contributed by atoms with van der Waals surface area (Å²) in [5.41, 5.74) is 0.236. The fraction of sp³-hybridized carbons (Fsp3) is 0.308. The van der Waals surface area contributed by atoms with Gasteiger partial charge in [-0.3, -0.25) is 4.98 Å². The van der Waals surface area contributed by atoms with Crippen molar-refractivity contribution in [3.63, 3.8) is 0 Å². The van der Waals surface area contributed by atoms with Crippen molar-refractivity contribution in [2.45, 2.75) is 49.5 Å². The van der Waals surface area contributed by atoms with E-state index < -0.39 is 34.3 Å². The first kappa shape index (κ1) is 26.2. The monoisotopic (exact) mass is 553 g/mol. The fourth-order valence-electron chi connectivity index (χ4n) is 4.33. The van der Waals surface area contributed by atoms with Gasteiger partial charge in [-0.2, -0.15) is 26.3 Å². The van der Waals surface area contributed by atoms with Gasteiger partial charge in [0.2, 0.25) is 0 Å². The normalized spacial score (nSPS) is 14.8. The van der Waals surface area contributed by atoms with Gasteiger partial charge in [0.1, 0.15) is 12.2 Å². The van der Waals surface area contributed by atoms with E-state index in [2.05, 4.69) is 9.97 Å². The van der Waals surface area contributed by atoms with Gasteiger partial charge in [-0.25, -0.2) is 13.4 Å². The van der Waals surface area contributed by atoms with E-state index in [1.807, 2.05) is 24.3 Å². The Morgan fingerprint density at radius 1 is 0.947 bits per heavy atom. The molecule has 2 aromatic rings. The van der Waals surface area contributed by atoms with Crippen molar-refractivity contribution in [2.75, 3.05) is 5.75 Å². The van der Waals surface area contributed by atoms with Crippen LogP contribution in [0.4, 0.5) is 26.3 Å². The largest absolute Gasteiger partial charge is 0.417 e. The number of sulfone groups is 1. The zero-order valence-electron chi connectivity index (χ0n) is 19.9. The first-order valence-corrected chi connectivity index (χ1v) is 13.4. The molecular formula is C26H21F6N3O2S. The number of pyridine rings is 2. The molecule has 1 aromatic heterocycles. The van der Waals surface area contributed by atoms with E-state index in [0.29, 0.717) is 28.3 Å². The second-order valence-corrected chi connectivity index (χ2v) is 11.5. The van der Waals surface area contributed by atoms with Crippen LogP contribution in [0, 0.1) is 0 Å². The summed E-state index contributed by atoms with van der Waals surface area (Å²) in [5, 5.41) is 0. The van der Waals surface area contributed by atoms with E-state index in [1.54, 1.807) is 0 Å². The van der Waals surface area contributed by atoms with Crippen molar-refractivity contribution in [3.05, 3.63) is 66.0 Å². The van der Waals surface area contributed by atoms with Gasteiger partial charge in [-0.05, 0) is 48.1 Å². The Bertz CT molecular complexity index is 1570. The molecule has 5 rings (SSSR count). The maximum atomic E-state index is 13.4.